The molecule has 0 radical (unpaired) electrons. The third-order valence-corrected chi connectivity index (χ3v) is 6.11. The number of hydrogen-bond acceptors (Lipinski definition) is 3. The first kappa shape index (κ1) is 17.9. The number of hydrogen-bond donors (Lipinski definition) is 0. The lowest BCUT2D eigenvalue weighted by Gasteiger charge is -2.12. The lowest BCUT2D eigenvalue weighted by atomic mass is 10.1. The lowest BCUT2D eigenvalue weighted by molar-refractivity contribution is 0.669. The molecule has 6 aromatic rings. The average molecular weight is 403 g/mol. The lowest BCUT2D eigenvalue weighted by Crippen LogP contribution is -2.00. The molecule has 0 bridgehead atoms. The van der Waals surface area contributed by atoms with Crippen LogP contribution in [0.5, 0.6) is 0 Å². The number of aryl methyl sites for hydroxylation is 3. The van der Waals surface area contributed by atoms with Crippen LogP contribution in [-0.4, -0.2) is 14.5 Å². The molecule has 0 atom stereocenters. The summed E-state index contributed by atoms with van der Waals surface area (Å²) in [4.78, 5) is 9.86. The van der Waals surface area contributed by atoms with Gasteiger partial charge in [0, 0.05) is 22.2 Å². The Morgan fingerprint density at radius 1 is 0.710 bits per heavy atom. The van der Waals surface area contributed by atoms with Gasteiger partial charge in [-0.25, -0.2) is 4.98 Å². The van der Waals surface area contributed by atoms with Crippen molar-refractivity contribution in [2.75, 3.05) is 0 Å². The first-order valence-corrected chi connectivity index (χ1v) is 10.5. The molecule has 0 aliphatic carbocycles. The number of benzene rings is 3. The monoisotopic (exact) mass is 403 g/mol. The van der Waals surface area contributed by atoms with Gasteiger partial charge in [-0.2, -0.15) is 0 Å². The van der Waals surface area contributed by atoms with Gasteiger partial charge in [0.2, 0.25) is 0 Å². The smallest absolute Gasteiger partial charge is 0.149 e. The first-order valence-electron chi connectivity index (χ1n) is 10.5. The number of furan rings is 1. The van der Waals surface area contributed by atoms with Crippen molar-refractivity contribution in [2.45, 2.75) is 20.8 Å². The largest absolute Gasteiger partial charge is 0.455 e. The van der Waals surface area contributed by atoms with Crippen molar-refractivity contribution in [1.82, 2.24) is 14.5 Å². The van der Waals surface area contributed by atoms with Gasteiger partial charge in [0.25, 0.3) is 0 Å². The Bertz CT molecular complexity index is 1610. The van der Waals surface area contributed by atoms with E-state index in [2.05, 4.69) is 66.9 Å². The number of para-hydroxylation sites is 3. The number of pyridine rings is 1. The second kappa shape index (κ2) is 6.54. The molecule has 3 aromatic heterocycles. The summed E-state index contributed by atoms with van der Waals surface area (Å²) in [5, 5.41) is 2.22. The molecule has 0 fully saturated rings. The number of rotatable bonds is 2. The molecule has 0 unspecified atom stereocenters. The Labute approximate surface area is 179 Å². The van der Waals surface area contributed by atoms with Gasteiger partial charge >= 0.3 is 0 Å². The highest BCUT2D eigenvalue weighted by molar-refractivity contribution is 6.09. The van der Waals surface area contributed by atoms with E-state index >= 15 is 0 Å². The van der Waals surface area contributed by atoms with E-state index in [0.717, 1.165) is 67.0 Å². The molecule has 0 spiro atoms. The highest BCUT2D eigenvalue weighted by atomic mass is 16.3. The summed E-state index contributed by atoms with van der Waals surface area (Å²) in [5.41, 5.74) is 8.91. The third kappa shape index (κ3) is 2.55. The van der Waals surface area contributed by atoms with Crippen molar-refractivity contribution in [3.63, 3.8) is 0 Å². The van der Waals surface area contributed by atoms with Crippen molar-refractivity contribution < 1.29 is 4.42 Å². The molecule has 0 amide bonds. The molecular formula is C27H21N3O. The van der Waals surface area contributed by atoms with Crippen molar-refractivity contribution in [2.24, 2.45) is 0 Å². The predicted molar refractivity (Wildman–Crippen MR) is 126 cm³/mol. The van der Waals surface area contributed by atoms with Crippen LogP contribution in [0, 0.1) is 20.8 Å². The molecule has 4 nitrogen and oxygen atoms in total. The minimum absolute atomic E-state index is 0.858. The van der Waals surface area contributed by atoms with E-state index in [1.807, 2.05) is 31.2 Å². The van der Waals surface area contributed by atoms with E-state index in [9.17, 15) is 0 Å². The van der Waals surface area contributed by atoms with E-state index in [-0.39, 0.29) is 0 Å². The molecule has 0 saturated heterocycles. The van der Waals surface area contributed by atoms with Crippen LogP contribution in [0.2, 0.25) is 0 Å². The highest BCUT2D eigenvalue weighted by Gasteiger charge is 2.22. The summed E-state index contributed by atoms with van der Waals surface area (Å²) in [7, 11) is 0. The Balaban J connectivity index is 1.79. The normalized spacial score (nSPS) is 11.7. The summed E-state index contributed by atoms with van der Waals surface area (Å²) in [6.45, 7) is 6.21. The van der Waals surface area contributed by atoms with Crippen molar-refractivity contribution in [3.8, 4) is 17.1 Å². The maximum Gasteiger partial charge on any atom is 0.149 e. The number of fused-ring (bicyclic) bond motifs is 4. The molecule has 0 aliphatic heterocycles. The van der Waals surface area contributed by atoms with E-state index in [4.69, 9.17) is 14.4 Å². The first-order chi connectivity index (χ1) is 15.1. The van der Waals surface area contributed by atoms with E-state index < -0.39 is 0 Å². The molecule has 150 valence electrons. The Morgan fingerprint density at radius 3 is 2.29 bits per heavy atom. The van der Waals surface area contributed by atoms with Crippen LogP contribution in [0.1, 0.15) is 17.0 Å². The van der Waals surface area contributed by atoms with Gasteiger partial charge in [-0.1, -0.05) is 48.5 Å². The molecule has 4 heteroatoms. The SMILES string of the molecule is Cc1nc(C)c2nc(-c3cccc4c3oc3ccccc34)n(-c3ccccc3)c2c1C. The summed E-state index contributed by atoms with van der Waals surface area (Å²) in [6.07, 6.45) is 0. The molecule has 0 N–H and O–H groups in total. The Morgan fingerprint density at radius 2 is 1.45 bits per heavy atom. The van der Waals surface area contributed by atoms with Crippen molar-refractivity contribution in [3.05, 3.63) is 89.7 Å². The zero-order valence-electron chi connectivity index (χ0n) is 17.7. The number of nitrogens with zero attached hydrogens (tertiary/aromatic N) is 3. The summed E-state index contributed by atoms with van der Waals surface area (Å²) >= 11 is 0. The van der Waals surface area contributed by atoms with Crippen LogP contribution in [0.4, 0.5) is 0 Å². The van der Waals surface area contributed by atoms with Crippen LogP contribution in [0.15, 0.2) is 77.2 Å². The second-order valence-corrected chi connectivity index (χ2v) is 7.99. The van der Waals surface area contributed by atoms with Crippen LogP contribution in [0.3, 0.4) is 0 Å². The summed E-state index contributed by atoms with van der Waals surface area (Å²) in [5.74, 6) is 0.865. The fourth-order valence-electron chi connectivity index (χ4n) is 4.51. The zero-order valence-corrected chi connectivity index (χ0v) is 17.7. The van der Waals surface area contributed by atoms with E-state index in [1.165, 1.54) is 0 Å². The molecule has 3 aromatic carbocycles. The van der Waals surface area contributed by atoms with Gasteiger partial charge in [0.05, 0.1) is 16.8 Å². The topological polar surface area (TPSA) is 43.9 Å². The molecular weight excluding hydrogens is 382 g/mol. The third-order valence-electron chi connectivity index (χ3n) is 6.11. The minimum Gasteiger partial charge on any atom is -0.455 e. The summed E-state index contributed by atoms with van der Waals surface area (Å²) < 4.78 is 8.58. The second-order valence-electron chi connectivity index (χ2n) is 7.99. The standard InChI is InChI=1S/C27H21N3O/c1-16-17(2)28-18(3)24-25(16)30(19-10-5-4-6-11-19)27(29-24)22-14-9-13-21-20-12-7-8-15-23(20)31-26(21)22/h4-15H,1-3H3. The highest BCUT2D eigenvalue weighted by Crippen LogP contribution is 2.38. The van der Waals surface area contributed by atoms with Gasteiger partial charge in [-0.15, -0.1) is 0 Å². The quantitative estimate of drug-likeness (QED) is 0.315. The van der Waals surface area contributed by atoms with Gasteiger partial charge in [-0.3, -0.25) is 9.55 Å². The molecule has 6 rings (SSSR count). The van der Waals surface area contributed by atoms with Gasteiger partial charge in [0.15, 0.2) is 0 Å². The fraction of sp³-hybridized carbons (Fsp3) is 0.111. The average Bonchev–Trinajstić information content (AvgIpc) is 3.38. The van der Waals surface area contributed by atoms with Crippen molar-refractivity contribution >= 4 is 33.0 Å². The summed E-state index contributed by atoms with van der Waals surface area (Å²) in [6, 6.07) is 24.8. The van der Waals surface area contributed by atoms with Gasteiger partial charge < -0.3 is 4.42 Å². The van der Waals surface area contributed by atoms with Gasteiger partial charge in [-0.05, 0) is 50.6 Å². The zero-order chi connectivity index (χ0) is 21.1. The van der Waals surface area contributed by atoms with Gasteiger partial charge in [0.1, 0.15) is 22.5 Å². The molecule has 31 heavy (non-hydrogen) atoms. The maximum absolute atomic E-state index is 6.34. The fourth-order valence-corrected chi connectivity index (χ4v) is 4.51. The van der Waals surface area contributed by atoms with Crippen LogP contribution in [-0.2, 0) is 0 Å². The number of aromatic nitrogens is 3. The predicted octanol–water partition coefficient (Wildman–Crippen LogP) is 6.91. The molecule has 0 aliphatic rings. The number of imidazole rings is 1. The van der Waals surface area contributed by atoms with Crippen LogP contribution >= 0.6 is 0 Å². The Hall–Kier alpha value is -3.92. The van der Waals surface area contributed by atoms with Crippen LogP contribution < -0.4 is 0 Å². The molecule has 0 saturated carbocycles. The maximum atomic E-state index is 6.34. The minimum atomic E-state index is 0.858. The molecule has 3 heterocycles. The Kier molecular flexibility index (Phi) is 3.78. The van der Waals surface area contributed by atoms with E-state index in [0.29, 0.717) is 0 Å². The van der Waals surface area contributed by atoms with Crippen LogP contribution in [0.25, 0.3) is 50.0 Å². The van der Waals surface area contributed by atoms with Crippen molar-refractivity contribution in [1.29, 1.82) is 0 Å². The van der Waals surface area contributed by atoms with E-state index in [1.54, 1.807) is 0 Å².